The topological polar surface area (TPSA) is 48.5 Å². The highest BCUT2D eigenvalue weighted by atomic mass is 15.0. The Kier molecular flexibility index (Phi) is 5.95. The predicted molar refractivity (Wildman–Crippen MR) is 208 cm³/mol. The van der Waals surface area contributed by atoms with Crippen LogP contribution in [0.4, 0.5) is 0 Å². The molecule has 0 saturated heterocycles. The predicted octanol–water partition coefficient (Wildman–Crippen LogP) is 11.0. The first-order chi connectivity index (χ1) is 25.3. The summed E-state index contributed by atoms with van der Waals surface area (Å²) in [5.41, 5.74) is 15.1. The molecule has 4 heterocycles. The monoisotopic (exact) mass is 651 g/mol. The number of benzene rings is 6. The fourth-order valence-electron chi connectivity index (χ4n) is 8.05. The SMILES string of the molecule is c1ccc(-n2c3ccccc3c3cc(-c4cnc5c(c4)-c4nc(-c6ccc7c(c6)c6ccccc6n7-c6ccccc6)cnc4C5)ccc32)cc1. The van der Waals surface area contributed by atoms with Crippen molar-refractivity contribution in [1.29, 1.82) is 0 Å². The van der Waals surface area contributed by atoms with Crippen LogP contribution in [0.2, 0.25) is 0 Å². The molecule has 0 saturated carbocycles. The Morgan fingerprint density at radius 1 is 0.412 bits per heavy atom. The van der Waals surface area contributed by atoms with Gasteiger partial charge in [0.1, 0.15) is 0 Å². The average Bonchev–Trinajstić information content (AvgIpc) is 3.85. The van der Waals surface area contributed by atoms with Gasteiger partial charge in [0.2, 0.25) is 0 Å². The molecule has 5 heteroatoms. The van der Waals surface area contributed by atoms with Gasteiger partial charge in [0.05, 0.1) is 51.0 Å². The zero-order chi connectivity index (χ0) is 33.5. The Morgan fingerprint density at radius 3 is 1.59 bits per heavy atom. The highest BCUT2D eigenvalue weighted by Crippen LogP contribution is 2.40. The van der Waals surface area contributed by atoms with E-state index in [0.29, 0.717) is 6.42 Å². The number of para-hydroxylation sites is 4. The van der Waals surface area contributed by atoms with Crippen molar-refractivity contribution >= 4 is 43.6 Å². The van der Waals surface area contributed by atoms with E-state index in [1.54, 1.807) is 0 Å². The van der Waals surface area contributed by atoms with Crippen LogP contribution in [0, 0.1) is 0 Å². The fraction of sp³-hybridized carbons (Fsp3) is 0.0217. The maximum absolute atomic E-state index is 5.27. The molecule has 0 amide bonds. The van der Waals surface area contributed by atoms with Crippen molar-refractivity contribution in [2.45, 2.75) is 6.42 Å². The number of hydrogen-bond donors (Lipinski definition) is 0. The molecule has 238 valence electrons. The molecule has 0 unspecified atom stereocenters. The molecular weight excluding hydrogens is 623 g/mol. The van der Waals surface area contributed by atoms with Gasteiger partial charge in [-0.15, -0.1) is 0 Å². The van der Waals surface area contributed by atoms with Crippen LogP contribution in [0.15, 0.2) is 164 Å². The molecule has 0 radical (unpaired) electrons. The highest BCUT2D eigenvalue weighted by molar-refractivity contribution is 6.11. The van der Waals surface area contributed by atoms with Gasteiger partial charge in [0.15, 0.2) is 0 Å². The molecule has 11 rings (SSSR count). The molecule has 10 aromatic rings. The van der Waals surface area contributed by atoms with Gasteiger partial charge in [-0.3, -0.25) is 9.97 Å². The lowest BCUT2D eigenvalue weighted by Crippen LogP contribution is -1.94. The number of rotatable bonds is 4. The van der Waals surface area contributed by atoms with Crippen LogP contribution >= 0.6 is 0 Å². The largest absolute Gasteiger partial charge is 0.309 e. The van der Waals surface area contributed by atoms with Crippen LogP contribution in [0.25, 0.3) is 88.6 Å². The second kappa shape index (κ2) is 10.8. The molecule has 1 aliphatic carbocycles. The van der Waals surface area contributed by atoms with Crippen molar-refractivity contribution < 1.29 is 0 Å². The van der Waals surface area contributed by atoms with Gasteiger partial charge < -0.3 is 9.13 Å². The first-order valence-electron chi connectivity index (χ1n) is 17.3. The first kappa shape index (κ1) is 28.0. The summed E-state index contributed by atoms with van der Waals surface area (Å²) in [7, 11) is 0. The number of hydrogen-bond acceptors (Lipinski definition) is 3. The molecule has 0 atom stereocenters. The summed E-state index contributed by atoms with van der Waals surface area (Å²) in [6.45, 7) is 0. The van der Waals surface area contributed by atoms with E-state index in [-0.39, 0.29) is 0 Å². The molecule has 0 bridgehead atoms. The number of pyridine rings is 1. The van der Waals surface area contributed by atoms with E-state index in [0.717, 1.165) is 56.4 Å². The minimum atomic E-state index is 0.686. The van der Waals surface area contributed by atoms with Crippen molar-refractivity contribution in [3.05, 3.63) is 175 Å². The Balaban J connectivity index is 1.01. The maximum atomic E-state index is 5.27. The second-order valence-electron chi connectivity index (χ2n) is 13.3. The normalized spacial score (nSPS) is 12.2. The number of aromatic nitrogens is 5. The van der Waals surface area contributed by atoms with Crippen LogP contribution in [0.5, 0.6) is 0 Å². The third-order valence-corrected chi connectivity index (χ3v) is 10.4. The zero-order valence-electron chi connectivity index (χ0n) is 27.5. The van der Waals surface area contributed by atoms with Crippen molar-refractivity contribution in [3.63, 3.8) is 0 Å². The molecule has 0 N–H and O–H groups in total. The van der Waals surface area contributed by atoms with Crippen molar-refractivity contribution in [1.82, 2.24) is 24.1 Å². The van der Waals surface area contributed by atoms with Crippen LogP contribution < -0.4 is 0 Å². The van der Waals surface area contributed by atoms with E-state index in [1.165, 1.54) is 43.6 Å². The van der Waals surface area contributed by atoms with Crippen LogP contribution in [0.1, 0.15) is 11.4 Å². The van der Waals surface area contributed by atoms with Crippen molar-refractivity contribution in [3.8, 4) is 45.0 Å². The van der Waals surface area contributed by atoms with Gasteiger partial charge in [-0.2, -0.15) is 0 Å². The molecule has 0 spiro atoms. The Morgan fingerprint density at radius 2 is 0.941 bits per heavy atom. The molecule has 0 aliphatic heterocycles. The highest BCUT2D eigenvalue weighted by Gasteiger charge is 2.25. The van der Waals surface area contributed by atoms with E-state index in [4.69, 9.17) is 15.0 Å². The van der Waals surface area contributed by atoms with E-state index >= 15 is 0 Å². The molecule has 1 aliphatic rings. The van der Waals surface area contributed by atoms with Crippen LogP contribution in [-0.2, 0) is 6.42 Å². The quantitative estimate of drug-likeness (QED) is 0.190. The summed E-state index contributed by atoms with van der Waals surface area (Å²) in [6, 6.07) is 54.0. The third-order valence-electron chi connectivity index (χ3n) is 10.4. The number of fused-ring (bicyclic) bond motifs is 9. The summed E-state index contributed by atoms with van der Waals surface area (Å²) in [5, 5.41) is 4.87. The standard InChI is InChI=1S/C46H29N5/c1-3-11-32(12-4-1)50-42-17-9-7-15-34(42)36-23-29(19-21-44(36)50)31-25-38-39(47-27-31)26-40-46(38)49-41(28-48-40)30-20-22-45-37(24-30)35-16-8-10-18-43(35)51(45)33-13-5-2-6-14-33/h1-25,27-28H,26H2. The molecule has 6 aromatic carbocycles. The summed E-state index contributed by atoms with van der Waals surface area (Å²) >= 11 is 0. The molecule has 5 nitrogen and oxygen atoms in total. The average molecular weight is 652 g/mol. The molecule has 0 fully saturated rings. The Bertz CT molecular complexity index is 2790. The Labute approximate surface area is 293 Å². The fourth-order valence-corrected chi connectivity index (χ4v) is 8.05. The lowest BCUT2D eigenvalue weighted by atomic mass is 10.0. The van der Waals surface area contributed by atoms with Gasteiger partial charge in [0, 0.05) is 62.2 Å². The summed E-state index contributed by atoms with van der Waals surface area (Å²) in [6.07, 6.45) is 4.60. The van der Waals surface area contributed by atoms with Crippen molar-refractivity contribution in [2.24, 2.45) is 0 Å². The first-order valence-corrected chi connectivity index (χ1v) is 17.3. The maximum Gasteiger partial charge on any atom is 0.0947 e. The molecular formula is C46H29N5. The van der Waals surface area contributed by atoms with E-state index in [9.17, 15) is 0 Å². The molecule has 51 heavy (non-hydrogen) atoms. The van der Waals surface area contributed by atoms with Gasteiger partial charge in [0.25, 0.3) is 0 Å². The number of nitrogens with zero attached hydrogens (tertiary/aromatic N) is 5. The minimum absolute atomic E-state index is 0.686. The van der Waals surface area contributed by atoms with Crippen LogP contribution in [0.3, 0.4) is 0 Å². The smallest absolute Gasteiger partial charge is 0.0947 e. The van der Waals surface area contributed by atoms with Gasteiger partial charge in [-0.25, -0.2) is 4.98 Å². The Hall–Kier alpha value is -6.85. The zero-order valence-corrected chi connectivity index (χ0v) is 27.5. The lowest BCUT2D eigenvalue weighted by molar-refractivity contribution is 1.05. The third kappa shape index (κ3) is 4.25. The van der Waals surface area contributed by atoms with Crippen LogP contribution in [-0.4, -0.2) is 24.1 Å². The summed E-state index contributed by atoms with van der Waals surface area (Å²) in [5.74, 6) is 0. The summed E-state index contributed by atoms with van der Waals surface area (Å²) < 4.78 is 4.68. The van der Waals surface area contributed by atoms with E-state index in [2.05, 4.69) is 161 Å². The van der Waals surface area contributed by atoms with E-state index in [1.807, 2.05) is 12.4 Å². The van der Waals surface area contributed by atoms with Gasteiger partial charge in [-0.1, -0.05) is 84.9 Å². The summed E-state index contributed by atoms with van der Waals surface area (Å²) in [4.78, 5) is 15.2. The second-order valence-corrected chi connectivity index (χ2v) is 13.3. The van der Waals surface area contributed by atoms with E-state index < -0.39 is 0 Å². The van der Waals surface area contributed by atoms with Gasteiger partial charge >= 0.3 is 0 Å². The van der Waals surface area contributed by atoms with Crippen molar-refractivity contribution in [2.75, 3.05) is 0 Å². The molecule has 4 aromatic heterocycles. The van der Waals surface area contributed by atoms with Gasteiger partial charge in [-0.05, 0) is 72.3 Å². The lowest BCUT2D eigenvalue weighted by Gasteiger charge is -2.09. The minimum Gasteiger partial charge on any atom is -0.309 e.